The van der Waals surface area contributed by atoms with Crippen molar-refractivity contribution >= 4 is 11.8 Å². The Labute approximate surface area is 229 Å². The van der Waals surface area contributed by atoms with Crippen LogP contribution in [0, 0.1) is 6.92 Å². The summed E-state index contributed by atoms with van der Waals surface area (Å²) < 4.78 is 0. The van der Waals surface area contributed by atoms with E-state index >= 15 is 0 Å². The summed E-state index contributed by atoms with van der Waals surface area (Å²) in [6.45, 7) is 14.9. The molecule has 0 saturated carbocycles. The molecule has 38 heavy (non-hydrogen) atoms. The zero-order chi connectivity index (χ0) is 27.9. The summed E-state index contributed by atoms with van der Waals surface area (Å²) in [5.74, 6) is -0.146. The van der Waals surface area contributed by atoms with Gasteiger partial charge in [-0.2, -0.15) is 0 Å². The van der Waals surface area contributed by atoms with Gasteiger partial charge in [-0.05, 0) is 61.8 Å². The van der Waals surface area contributed by atoms with Gasteiger partial charge < -0.3 is 10.2 Å². The first-order chi connectivity index (χ1) is 17.8. The third-order valence-electron chi connectivity index (χ3n) is 6.69. The number of amides is 2. The Morgan fingerprint density at radius 2 is 1.34 bits per heavy atom. The number of benzene rings is 3. The second-order valence-corrected chi connectivity index (χ2v) is 12.4. The van der Waals surface area contributed by atoms with Crippen molar-refractivity contribution < 1.29 is 9.59 Å². The fourth-order valence-electron chi connectivity index (χ4n) is 4.46. The van der Waals surface area contributed by atoms with Gasteiger partial charge in [-0.15, -0.1) is 0 Å². The van der Waals surface area contributed by atoms with Crippen LogP contribution in [0.15, 0.2) is 78.9 Å². The van der Waals surface area contributed by atoms with Gasteiger partial charge >= 0.3 is 0 Å². The molecule has 3 aromatic carbocycles. The van der Waals surface area contributed by atoms with Gasteiger partial charge in [0.2, 0.25) is 11.8 Å². The van der Waals surface area contributed by atoms with E-state index in [1.165, 1.54) is 5.56 Å². The number of hydrogen-bond donors (Lipinski definition) is 1. The number of rotatable bonds is 9. The van der Waals surface area contributed by atoms with Crippen molar-refractivity contribution in [2.75, 3.05) is 0 Å². The number of nitrogens with zero attached hydrogens (tertiary/aromatic N) is 1. The summed E-state index contributed by atoms with van der Waals surface area (Å²) in [7, 11) is 0. The van der Waals surface area contributed by atoms with Crippen molar-refractivity contribution in [1.29, 1.82) is 0 Å². The molecule has 3 aromatic rings. The maximum absolute atomic E-state index is 13.9. The lowest BCUT2D eigenvalue weighted by molar-refractivity contribution is -0.141. The first-order valence-corrected chi connectivity index (χ1v) is 13.6. The molecule has 4 nitrogen and oxygen atoms in total. The summed E-state index contributed by atoms with van der Waals surface area (Å²) in [6.07, 6.45) is 1.43. The Balaban J connectivity index is 1.89. The molecule has 0 spiro atoms. The van der Waals surface area contributed by atoms with E-state index in [2.05, 4.69) is 62.5 Å². The van der Waals surface area contributed by atoms with Crippen molar-refractivity contribution in [2.24, 2.45) is 0 Å². The molecule has 2 amide bonds. The van der Waals surface area contributed by atoms with Crippen LogP contribution >= 0.6 is 0 Å². The smallest absolute Gasteiger partial charge is 0.243 e. The second kappa shape index (κ2) is 12.4. The van der Waals surface area contributed by atoms with Gasteiger partial charge in [0, 0.05) is 24.9 Å². The molecule has 0 aromatic heterocycles. The predicted octanol–water partition coefficient (Wildman–Crippen LogP) is 6.78. The molecular formula is C34H44N2O2. The lowest BCUT2D eigenvalue weighted by Gasteiger charge is -2.34. The van der Waals surface area contributed by atoms with Crippen molar-refractivity contribution in [3.63, 3.8) is 0 Å². The Morgan fingerprint density at radius 3 is 1.89 bits per heavy atom. The van der Waals surface area contributed by atoms with Crippen molar-refractivity contribution in [2.45, 2.75) is 91.3 Å². The van der Waals surface area contributed by atoms with Crippen LogP contribution in [0.25, 0.3) is 0 Å². The largest absolute Gasteiger partial charge is 0.350 e. The summed E-state index contributed by atoms with van der Waals surface area (Å²) in [4.78, 5) is 29.3. The molecule has 0 aliphatic carbocycles. The van der Waals surface area contributed by atoms with Crippen LogP contribution in [0.1, 0.15) is 75.8 Å². The summed E-state index contributed by atoms with van der Waals surface area (Å²) >= 11 is 0. The van der Waals surface area contributed by atoms with Crippen LogP contribution < -0.4 is 5.32 Å². The minimum Gasteiger partial charge on any atom is -0.350 e. The van der Waals surface area contributed by atoms with Crippen LogP contribution in [0.3, 0.4) is 0 Å². The molecular weight excluding hydrogens is 468 g/mol. The Morgan fingerprint density at radius 1 is 0.763 bits per heavy atom. The first-order valence-electron chi connectivity index (χ1n) is 13.6. The maximum Gasteiger partial charge on any atom is 0.243 e. The van der Waals surface area contributed by atoms with E-state index in [0.717, 1.165) is 22.3 Å². The zero-order valence-electron chi connectivity index (χ0n) is 24.2. The van der Waals surface area contributed by atoms with Gasteiger partial charge in [-0.1, -0.05) is 105 Å². The Kier molecular flexibility index (Phi) is 9.54. The molecule has 0 heterocycles. The maximum atomic E-state index is 13.9. The normalized spacial score (nSPS) is 12.6. The quantitative estimate of drug-likeness (QED) is 0.344. The van der Waals surface area contributed by atoms with E-state index in [1.54, 1.807) is 4.90 Å². The molecule has 0 bridgehead atoms. The number of carbonyl (C=O) groups excluding carboxylic acids is 2. The van der Waals surface area contributed by atoms with Crippen molar-refractivity contribution in [3.05, 3.63) is 107 Å². The van der Waals surface area contributed by atoms with E-state index in [0.29, 0.717) is 25.8 Å². The minimum atomic E-state index is -0.617. The minimum absolute atomic E-state index is 0.0181. The van der Waals surface area contributed by atoms with E-state index in [-0.39, 0.29) is 17.2 Å². The summed E-state index contributed by atoms with van der Waals surface area (Å²) in [5, 5.41) is 3.13. The highest BCUT2D eigenvalue weighted by Gasteiger charge is 2.32. The monoisotopic (exact) mass is 512 g/mol. The molecule has 4 heteroatoms. The van der Waals surface area contributed by atoms with Crippen LogP contribution in [-0.2, 0) is 34.4 Å². The van der Waals surface area contributed by atoms with Crippen LogP contribution in [0.2, 0.25) is 0 Å². The molecule has 3 rings (SSSR count). The van der Waals surface area contributed by atoms with E-state index < -0.39 is 11.6 Å². The fraction of sp³-hybridized carbons (Fsp3) is 0.412. The van der Waals surface area contributed by atoms with Gasteiger partial charge in [-0.25, -0.2) is 0 Å². The molecule has 1 atom stereocenters. The predicted molar refractivity (Wildman–Crippen MR) is 157 cm³/mol. The van der Waals surface area contributed by atoms with Gasteiger partial charge in [0.25, 0.3) is 0 Å². The van der Waals surface area contributed by atoms with E-state index in [4.69, 9.17) is 0 Å². The number of carbonyl (C=O) groups is 2. The second-order valence-electron chi connectivity index (χ2n) is 12.4. The molecule has 0 aliphatic heterocycles. The van der Waals surface area contributed by atoms with Crippen LogP contribution in [0.5, 0.6) is 0 Å². The number of nitrogens with one attached hydrogen (secondary N) is 1. The van der Waals surface area contributed by atoms with E-state index in [9.17, 15) is 9.59 Å². The summed E-state index contributed by atoms with van der Waals surface area (Å²) in [6, 6.07) is 26.1. The Hall–Kier alpha value is -3.40. The summed E-state index contributed by atoms with van der Waals surface area (Å²) in [5.41, 5.74) is 5.29. The Bertz CT molecular complexity index is 1180. The highest BCUT2D eigenvalue weighted by Crippen LogP contribution is 2.23. The van der Waals surface area contributed by atoms with Crippen molar-refractivity contribution in [1.82, 2.24) is 10.2 Å². The SMILES string of the molecule is Cc1ccc(CN(C(=O)CCc2ccc(C(C)(C)C)cc2)[C@H](Cc2ccccc2)C(=O)NC(C)(C)C)cc1. The highest BCUT2D eigenvalue weighted by atomic mass is 16.2. The average Bonchev–Trinajstić information content (AvgIpc) is 2.85. The molecule has 0 unspecified atom stereocenters. The molecule has 0 radical (unpaired) electrons. The van der Waals surface area contributed by atoms with Gasteiger partial charge in [0.15, 0.2) is 0 Å². The topological polar surface area (TPSA) is 49.4 Å². The average molecular weight is 513 g/mol. The molecule has 0 fully saturated rings. The first kappa shape index (κ1) is 29.2. The highest BCUT2D eigenvalue weighted by molar-refractivity contribution is 5.88. The zero-order valence-corrected chi connectivity index (χ0v) is 24.2. The third-order valence-corrected chi connectivity index (χ3v) is 6.69. The lowest BCUT2D eigenvalue weighted by atomic mass is 9.86. The van der Waals surface area contributed by atoms with Gasteiger partial charge in [0.1, 0.15) is 6.04 Å². The number of aryl methyl sites for hydroxylation is 2. The van der Waals surface area contributed by atoms with Crippen molar-refractivity contribution in [3.8, 4) is 0 Å². The molecule has 1 N–H and O–H groups in total. The van der Waals surface area contributed by atoms with Crippen LogP contribution in [-0.4, -0.2) is 28.3 Å². The van der Waals surface area contributed by atoms with E-state index in [1.807, 2.05) is 70.2 Å². The molecule has 0 saturated heterocycles. The number of hydrogen-bond acceptors (Lipinski definition) is 2. The van der Waals surface area contributed by atoms with Gasteiger partial charge in [0.05, 0.1) is 0 Å². The fourth-order valence-corrected chi connectivity index (χ4v) is 4.46. The molecule has 202 valence electrons. The lowest BCUT2D eigenvalue weighted by Crippen LogP contribution is -2.54. The van der Waals surface area contributed by atoms with Gasteiger partial charge in [-0.3, -0.25) is 9.59 Å². The third kappa shape index (κ3) is 8.86. The molecule has 0 aliphatic rings. The van der Waals surface area contributed by atoms with Crippen LogP contribution in [0.4, 0.5) is 0 Å². The standard InChI is InChI=1S/C34H44N2O2/c1-25-13-15-28(16-14-25)24-36(31(37)22-19-26-17-20-29(21-18-26)33(2,3)4)30(32(38)35-34(5,6)7)23-27-11-9-8-10-12-27/h8-18,20-21,30H,19,22-24H2,1-7H3,(H,35,38)/t30-/m1/s1.